The van der Waals surface area contributed by atoms with E-state index in [0.717, 1.165) is 10.2 Å². The Bertz CT molecular complexity index is 895. The third-order valence-electron chi connectivity index (χ3n) is 3.17. The third kappa shape index (κ3) is 1.30. The van der Waals surface area contributed by atoms with Crippen LogP contribution in [0.2, 0.25) is 5.15 Å². The normalized spacial score (nSPS) is 11.6. The second kappa shape index (κ2) is 3.67. The van der Waals surface area contributed by atoms with Gasteiger partial charge in [-0.15, -0.1) is 11.3 Å². The first kappa shape index (κ1) is 10.3. The smallest absolute Gasteiger partial charge is 0.147 e. The van der Waals surface area contributed by atoms with E-state index in [-0.39, 0.29) is 0 Å². The standard InChI is InChI=1S/C15H8ClNS/c16-15-14-13(9-5-1-3-7-11(9)17-15)10-6-2-4-8-12(10)18-14/h1-8H. The van der Waals surface area contributed by atoms with Gasteiger partial charge in [-0.3, -0.25) is 0 Å². The van der Waals surface area contributed by atoms with Crippen molar-refractivity contribution in [2.45, 2.75) is 0 Å². The lowest BCUT2D eigenvalue weighted by molar-refractivity contribution is 1.45. The van der Waals surface area contributed by atoms with Gasteiger partial charge in [-0.25, -0.2) is 4.98 Å². The van der Waals surface area contributed by atoms with Crippen molar-refractivity contribution in [2.24, 2.45) is 0 Å². The quantitative estimate of drug-likeness (QED) is 0.397. The summed E-state index contributed by atoms with van der Waals surface area (Å²) in [5, 5.41) is 4.27. The zero-order valence-electron chi connectivity index (χ0n) is 9.35. The molecule has 4 aromatic rings. The fourth-order valence-corrected chi connectivity index (χ4v) is 3.80. The summed E-state index contributed by atoms with van der Waals surface area (Å²) in [5.41, 5.74) is 0.957. The van der Waals surface area contributed by atoms with E-state index in [4.69, 9.17) is 11.6 Å². The van der Waals surface area contributed by atoms with Crippen molar-refractivity contribution in [3.8, 4) is 0 Å². The Morgan fingerprint density at radius 3 is 2.50 bits per heavy atom. The molecule has 0 amide bonds. The summed E-state index contributed by atoms with van der Waals surface area (Å²) < 4.78 is 2.34. The first-order chi connectivity index (χ1) is 8.84. The first-order valence-corrected chi connectivity index (χ1v) is 6.89. The minimum absolute atomic E-state index is 0.602. The van der Waals surface area contributed by atoms with E-state index in [1.54, 1.807) is 11.3 Å². The highest BCUT2D eigenvalue weighted by Crippen LogP contribution is 2.40. The Morgan fingerprint density at radius 1 is 0.889 bits per heavy atom. The molecule has 2 heterocycles. The Kier molecular flexibility index (Phi) is 2.10. The molecule has 86 valence electrons. The van der Waals surface area contributed by atoms with Gasteiger partial charge in [0.25, 0.3) is 0 Å². The van der Waals surface area contributed by atoms with Gasteiger partial charge in [-0.1, -0.05) is 48.0 Å². The Balaban J connectivity index is 2.41. The predicted molar refractivity (Wildman–Crippen MR) is 79.6 cm³/mol. The fraction of sp³-hybridized carbons (Fsp3) is 0. The second-order valence-electron chi connectivity index (χ2n) is 4.22. The number of benzene rings is 2. The molecule has 1 nitrogen and oxygen atoms in total. The highest BCUT2D eigenvalue weighted by molar-refractivity contribution is 7.26. The molecule has 4 rings (SSSR count). The molecule has 0 saturated heterocycles. The fourth-order valence-electron chi connectivity index (χ4n) is 2.40. The van der Waals surface area contributed by atoms with E-state index in [9.17, 15) is 0 Å². The molecule has 0 radical (unpaired) electrons. The minimum atomic E-state index is 0.602. The van der Waals surface area contributed by atoms with Crippen LogP contribution in [0.4, 0.5) is 0 Å². The number of aromatic nitrogens is 1. The molecular formula is C15H8ClNS. The van der Waals surface area contributed by atoms with Crippen molar-refractivity contribution in [1.29, 1.82) is 0 Å². The third-order valence-corrected chi connectivity index (χ3v) is 4.74. The van der Waals surface area contributed by atoms with E-state index >= 15 is 0 Å². The monoisotopic (exact) mass is 269 g/mol. The molecule has 0 fully saturated rings. The molecule has 0 unspecified atom stereocenters. The second-order valence-corrected chi connectivity index (χ2v) is 5.63. The van der Waals surface area contributed by atoms with Crippen LogP contribution in [0.1, 0.15) is 0 Å². The molecule has 0 aliphatic rings. The van der Waals surface area contributed by atoms with E-state index in [1.165, 1.54) is 20.9 Å². The Labute approximate surface area is 113 Å². The summed E-state index contributed by atoms with van der Waals surface area (Å²) in [4.78, 5) is 4.47. The molecule has 2 aromatic heterocycles. The van der Waals surface area contributed by atoms with Gasteiger partial charge in [0, 0.05) is 20.9 Å². The SMILES string of the molecule is Clc1nc2ccccc2c2c1sc1ccccc12. The average molecular weight is 270 g/mol. The summed E-state index contributed by atoms with van der Waals surface area (Å²) in [6.45, 7) is 0. The molecule has 3 heteroatoms. The van der Waals surface area contributed by atoms with Crippen LogP contribution >= 0.6 is 22.9 Å². The van der Waals surface area contributed by atoms with Crippen molar-refractivity contribution in [3.63, 3.8) is 0 Å². The van der Waals surface area contributed by atoms with E-state index < -0.39 is 0 Å². The van der Waals surface area contributed by atoms with E-state index in [1.807, 2.05) is 18.2 Å². The maximum Gasteiger partial charge on any atom is 0.147 e. The van der Waals surface area contributed by atoms with Gasteiger partial charge in [0.1, 0.15) is 5.15 Å². The summed E-state index contributed by atoms with van der Waals surface area (Å²) in [5.74, 6) is 0. The van der Waals surface area contributed by atoms with Gasteiger partial charge >= 0.3 is 0 Å². The Hall–Kier alpha value is -1.64. The summed E-state index contributed by atoms with van der Waals surface area (Å²) in [6, 6.07) is 16.6. The van der Waals surface area contributed by atoms with Crippen LogP contribution in [0.5, 0.6) is 0 Å². The van der Waals surface area contributed by atoms with Crippen molar-refractivity contribution in [2.75, 3.05) is 0 Å². The minimum Gasteiger partial charge on any atom is -0.235 e. The average Bonchev–Trinajstić information content (AvgIpc) is 2.79. The highest BCUT2D eigenvalue weighted by Gasteiger charge is 2.12. The maximum atomic E-state index is 6.31. The summed E-state index contributed by atoms with van der Waals surface area (Å²) in [7, 11) is 0. The number of halogens is 1. The van der Waals surface area contributed by atoms with Gasteiger partial charge in [0.2, 0.25) is 0 Å². The van der Waals surface area contributed by atoms with Crippen molar-refractivity contribution in [1.82, 2.24) is 4.98 Å². The van der Waals surface area contributed by atoms with Crippen LogP contribution in [0, 0.1) is 0 Å². The topological polar surface area (TPSA) is 12.9 Å². The molecule has 2 aromatic carbocycles. The highest BCUT2D eigenvalue weighted by atomic mass is 35.5. The van der Waals surface area contributed by atoms with Crippen molar-refractivity contribution < 1.29 is 0 Å². The molecular weight excluding hydrogens is 262 g/mol. The predicted octanol–water partition coefficient (Wildman–Crippen LogP) is 5.26. The molecule has 0 N–H and O–H groups in total. The van der Waals surface area contributed by atoms with Crippen LogP contribution in [0.3, 0.4) is 0 Å². The molecule has 18 heavy (non-hydrogen) atoms. The lowest BCUT2D eigenvalue weighted by Crippen LogP contribution is -1.80. The number of rotatable bonds is 0. The van der Waals surface area contributed by atoms with Crippen LogP contribution < -0.4 is 0 Å². The van der Waals surface area contributed by atoms with Gasteiger partial charge in [-0.05, 0) is 12.1 Å². The molecule has 0 atom stereocenters. The largest absolute Gasteiger partial charge is 0.235 e. The molecule has 0 spiro atoms. The zero-order chi connectivity index (χ0) is 12.1. The van der Waals surface area contributed by atoms with E-state index in [2.05, 4.69) is 35.3 Å². The van der Waals surface area contributed by atoms with Crippen LogP contribution in [0.25, 0.3) is 31.1 Å². The van der Waals surface area contributed by atoms with Crippen LogP contribution in [-0.2, 0) is 0 Å². The first-order valence-electron chi connectivity index (χ1n) is 5.70. The number of para-hydroxylation sites is 1. The number of nitrogens with zero attached hydrogens (tertiary/aromatic N) is 1. The van der Waals surface area contributed by atoms with Crippen molar-refractivity contribution in [3.05, 3.63) is 53.7 Å². The number of hydrogen-bond acceptors (Lipinski definition) is 2. The lowest BCUT2D eigenvalue weighted by Gasteiger charge is -2.01. The van der Waals surface area contributed by atoms with Gasteiger partial charge in [0.05, 0.1) is 10.2 Å². The summed E-state index contributed by atoms with van der Waals surface area (Å²) >= 11 is 8.02. The molecule has 0 aliphatic heterocycles. The number of fused-ring (bicyclic) bond motifs is 5. The van der Waals surface area contributed by atoms with Crippen molar-refractivity contribution >= 4 is 54.0 Å². The van der Waals surface area contributed by atoms with Crippen LogP contribution in [-0.4, -0.2) is 4.98 Å². The number of pyridine rings is 1. The number of hydrogen-bond donors (Lipinski definition) is 0. The molecule has 0 bridgehead atoms. The molecule has 0 aliphatic carbocycles. The van der Waals surface area contributed by atoms with Gasteiger partial charge in [0.15, 0.2) is 0 Å². The maximum absolute atomic E-state index is 6.31. The van der Waals surface area contributed by atoms with E-state index in [0.29, 0.717) is 5.15 Å². The van der Waals surface area contributed by atoms with Gasteiger partial charge in [-0.2, -0.15) is 0 Å². The lowest BCUT2D eigenvalue weighted by atomic mass is 10.1. The van der Waals surface area contributed by atoms with Crippen LogP contribution in [0.15, 0.2) is 48.5 Å². The zero-order valence-corrected chi connectivity index (χ0v) is 10.9. The summed E-state index contributed by atoms with van der Waals surface area (Å²) in [6.07, 6.45) is 0. The van der Waals surface area contributed by atoms with Gasteiger partial charge < -0.3 is 0 Å². The Morgan fingerprint density at radius 2 is 1.61 bits per heavy atom. The number of thiophene rings is 1. The molecule has 0 saturated carbocycles.